The summed E-state index contributed by atoms with van der Waals surface area (Å²) in [6, 6.07) is 5.08. The third-order valence-electron chi connectivity index (χ3n) is 4.54. The maximum Gasteiger partial charge on any atom is 0.157 e. The van der Waals surface area contributed by atoms with E-state index < -0.39 is 0 Å². The fraction of sp³-hybridized carbons (Fsp3) is 0.714. The van der Waals surface area contributed by atoms with Crippen LogP contribution < -0.4 is 9.80 Å². The van der Waals surface area contributed by atoms with Gasteiger partial charge in [-0.3, -0.25) is 0 Å². The average Bonchev–Trinajstić information content (AvgIpc) is 3.01. The molecule has 1 aliphatic heterocycles. The molecule has 0 aromatic carbocycles. The molecule has 2 heterocycles. The van der Waals surface area contributed by atoms with Crippen LogP contribution in [-0.4, -0.2) is 32.2 Å². The van der Waals surface area contributed by atoms with E-state index in [4.69, 9.17) is 4.42 Å². The Hall–Kier alpha value is -0.800. The minimum absolute atomic E-state index is 0.986. The molecule has 1 aromatic heterocycles. The second kappa shape index (κ2) is 5.23. The molecule has 17 heavy (non-hydrogen) atoms. The molecule has 0 spiro atoms. The van der Waals surface area contributed by atoms with Gasteiger partial charge in [0.05, 0.1) is 12.3 Å². The molecule has 0 unspecified atom stereocenters. The van der Waals surface area contributed by atoms with E-state index in [0.717, 1.165) is 18.3 Å². The average molecular weight is 236 g/mol. The first-order valence-electron chi connectivity index (χ1n) is 7.12. The maximum absolute atomic E-state index is 5.44. The van der Waals surface area contributed by atoms with Gasteiger partial charge in [-0.15, -0.1) is 0 Å². The first-order chi connectivity index (χ1) is 8.42. The van der Waals surface area contributed by atoms with Crippen molar-refractivity contribution in [1.82, 2.24) is 0 Å². The zero-order valence-electron chi connectivity index (χ0n) is 10.6. The van der Waals surface area contributed by atoms with Crippen LogP contribution in [0.2, 0.25) is 0 Å². The van der Waals surface area contributed by atoms with Gasteiger partial charge in [-0.05, 0) is 37.8 Å². The number of furan rings is 1. The highest BCUT2D eigenvalue weighted by molar-refractivity contribution is 4.95. The number of hydrogen-bond donors (Lipinski definition) is 2. The Kier molecular flexibility index (Phi) is 3.48. The van der Waals surface area contributed by atoms with Gasteiger partial charge in [0.25, 0.3) is 0 Å². The molecule has 0 amide bonds. The molecule has 1 saturated carbocycles. The van der Waals surface area contributed by atoms with Gasteiger partial charge in [0.1, 0.15) is 32.7 Å². The second-order valence-corrected chi connectivity index (χ2v) is 5.65. The van der Waals surface area contributed by atoms with Crippen molar-refractivity contribution in [3.63, 3.8) is 0 Å². The van der Waals surface area contributed by atoms with Crippen molar-refractivity contribution < 1.29 is 14.2 Å². The van der Waals surface area contributed by atoms with Crippen LogP contribution in [-0.2, 0) is 6.54 Å². The number of quaternary nitrogens is 2. The highest BCUT2D eigenvalue weighted by atomic mass is 16.3. The van der Waals surface area contributed by atoms with E-state index >= 15 is 0 Å². The molecule has 0 radical (unpaired) electrons. The lowest BCUT2D eigenvalue weighted by Gasteiger charge is -2.32. The van der Waals surface area contributed by atoms with E-state index in [1.54, 1.807) is 11.2 Å². The van der Waals surface area contributed by atoms with Crippen molar-refractivity contribution in [3.8, 4) is 0 Å². The van der Waals surface area contributed by atoms with Gasteiger partial charge >= 0.3 is 0 Å². The van der Waals surface area contributed by atoms with Gasteiger partial charge in [0.2, 0.25) is 0 Å². The van der Waals surface area contributed by atoms with E-state index in [9.17, 15) is 0 Å². The molecule has 3 rings (SSSR count). The van der Waals surface area contributed by atoms with Gasteiger partial charge in [-0.2, -0.15) is 0 Å². The normalized spacial score (nSPS) is 30.8. The smallest absolute Gasteiger partial charge is 0.157 e. The Morgan fingerprint density at radius 1 is 1.12 bits per heavy atom. The zero-order valence-corrected chi connectivity index (χ0v) is 10.6. The first-order valence-corrected chi connectivity index (χ1v) is 7.12. The lowest BCUT2D eigenvalue weighted by Crippen LogP contribution is -3.29. The largest absolute Gasteiger partial charge is 0.463 e. The summed E-state index contributed by atoms with van der Waals surface area (Å²) >= 11 is 0. The van der Waals surface area contributed by atoms with E-state index in [2.05, 4.69) is 6.07 Å². The molecular weight excluding hydrogens is 212 g/mol. The lowest BCUT2D eigenvalue weighted by atomic mass is 10.2. The molecule has 1 aromatic rings. The minimum Gasteiger partial charge on any atom is -0.463 e. The molecule has 1 aliphatic carbocycles. The van der Waals surface area contributed by atoms with Gasteiger partial charge in [-0.1, -0.05) is 0 Å². The van der Waals surface area contributed by atoms with Crippen molar-refractivity contribution in [1.29, 1.82) is 0 Å². The van der Waals surface area contributed by atoms with Crippen LogP contribution in [0.1, 0.15) is 31.4 Å². The van der Waals surface area contributed by atoms with Gasteiger partial charge in [0.15, 0.2) is 5.76 Å². The third-order valence-corrected chi connectivity index (χ3v) is 4.54. The predicted molar refractivity (Wildman–Crippen MR) is 66.1 cm³/mol. The highest BCUT2D eigenvalue weighted by Crippen LogP contribution is 2.15. The van der Waals surface area contributed by atoms with Crippen molar-refractivity contribution in [3.05, 3.63) is 24.2 Å². The summed E-state index contributed by atoms with van der Waals surface area (Å²) in [4.78, 5) is 3.58. The molecule has 1 saturated heterocycles. The molecule has 0 bridgehead atoms. The molecule has 2 fully saturated rings. The Labute approximate surface area is 103 Å². The van der Waals surface area contributed by atoms with Crippen molar-refractivity contribution >= 4 is 0 Å². The molecule has 3 heteroatoms. The SMILES string of the molecule is c1coc(C[NH+]2CC[NH+](C3CCCC3)CC2)c1. The highest BCUT2D eigenvalue weighted by Gasteiger charge is 2.31. The summed E-state index contributed by atoms with van der Waals surface area (Å²) < 4.78 is 5.44. The quantitative estimate of drug-likeness (QED) is 0.726. The maximum atomic E-state index is 5.44. The van der Waals surface area contributed by atoms with Crippen LogP contribution in [0.5, 0.6) is 0 Å². The van der Waals surface area contributed by atoms with Crippen LogP contribution in [0.3, 0.4) is 0 Å². The summed E-state index contributed by atoms with van der Waals surface area (Å²) in [6.45, 7) is 6.42. The first kappa shape index (κ1) is 11.3. The van der Waals surface area contributed by atoms with Crippen LogP contribution in [0, 0.1) is 0 Å². The summed E-state index contributed by atoms with van der Waals surface area (Å²) in [5.41, 5.74) is 0. The zero-order chi connectivity index (χ0) is 11.5. The van der Waals surface area contributed by atoms with Crippen molar-refractivity contribution in [2.75, 3.05) is 26.2 Å². The van der Waals surface area contributed by atoms with Crippen LogP contribution in [0.25, 0.3) is 0 Å². The minimum atomic E-state index is 0.986. The monoisotopic (exact) mass is 236 g/mol. The fourth-order valence-corrected chi connectivity index (χ4v) is 3.50. The Bertz CT molecular complexity index is 322. The topological polar surface area (TPSA) is 22.0 Å². The second-order valence-electron chi connectivity index (χ2n) is 5.65. The molecular formula is C14H24N2O+2. The van der Waals surface area contributed by atoms with Crippen LogP contribution >= 0.6 is 0 Å². The number of rotatable bonds is 3. The number of piperazine rings is 1. The fourth-order valence-electron chi connectivity index (χ4n) is 3.50. The van der Waals surface area contributed by atoms with Crippen LogP contribution in [0.15, 0.2) is 22.8 Å². The summed E-state index contributed by atoms with van der Waals surface area (Å²) in [6.07, 6.45) is 7.68. The summed E-state index contributed by atoms with van der Waals surface area (Å²) in [5.74, 6) is 1.14. The van der Waals surface area contributed by atoms with E-state index in [1.807, 2.05) is 11.0 Å². The predicted octanol–water partition coefficient (Wildman–Crippen LogP) is -0.494. The standard InChI is InChI=1S/C14H22N2O/c1-2-5-13(4-1)16-9-7-15(8-10-16)12-14-6-3-11-17-14/h3,6,11,13H,1-2,4-5,7-10,12H2/p+2. The molecule has 94 valence electrons. The molecule has 2 N–H and O–H groups in total. The van der Waals surface area contributed by atoms with E-state index in [-0.39, 0.29) is 0 Å². The number of nitrogens with one attached hydrogen (secondary N) is 2. The summed E-state index contributed by atoms with van der Waals surface area (Å²) in [7, 11) is 0. The summed E-state index contributed by atoms with van der Waals surface area (Å²) in [5, 5.41) is 0. The number of hydrogen-bond acceptors (Lipinski definition) is 1. The molecule has 2 aliphatic rings. The van der Waals surface area contributed by atoms with Gasteiger partial charge < -0.3 is 14.2 Å². The van der Waals surface area contributed by atoms with Crippen molar-refractivity contribution in [2.45, 2.75) is 38.3 Å². The van der Waals surface area contributed by atoms with Gasteiger partial charge in [0, 0.05) is 0 Å². The Balaban J connectivity index is 1.47. The van der Waals surface area contributed by atoms with Gasteiger partial charge in [-0.25, -0.2) is 0 Å². The lowest BCUT2D eigenvalue weighted by molar-refractivity contribution is -1.03. The van der Waals surface area contributed by atoms with E-state index in [1.165, 1.54) is 51.9 Å². The molecule has 0 atom stereocenters. The van der Waals surface area contributed by atoms with Crippen molar-refractivity contribution in [2.24, 2.45) is 0 Å². The Morgan fingerprint density at radius 3 is 2.53 bits per heavy atom. The molecule has 3 nitrogen and oxygen atoms in total. The van der Waals surface area contributed by atoms with E-state index in [0.29, 0.717) is 0 Å². The Morgan fingerprint density at radius 2 is 1.88 bits per heavy atom. The third kappa shape index (κ3) is 2.72. The van der Waals surface area contributed by atoms with Crippen LogP contribution in [0.4, 0.5) is 0 Å².